The van der Waals surface area contributed by atoms with Crippen LogP contribution in [0.15, 0.2) is 18.2 Å². The third-order valence-electron chi connectivity index (χ3n) is 3.44. The van der Waals surface area contributed by atoms with E-state index in [1.165, 1.54) is 12.1 Å². The van der Waals surface area contributed by atoms with Crippen LogP contribution in [-0.4, -0.2) is 53.5 Å². The minimum atomic E-state index is -0.0307. The second kappa shape index (κ2) is 5.16. The molecule has 5 heteroatoms. The number of hydrogen-bond acceptors (Lipinski definition) is 3. The highest BCUT2D eigenvalue weighted by molar-refractivity contribution is 6.32. The normalized spacial score (nSPS) is 21.1. The average molecular weight is 269 g/mol. The van der Waals surface area contributed by atoms with Crippen LogP contribution in [0.3, 0.4) is 0 Å². The van der Waals surface area contributed by atoms with Gasteiger partial charge in [-0.2, -0.15) is 0 Å². The molecule has 1 atom stereocenters. The highest BCUT2D eigenvalue weighted by Crippen LogP contribution is 2.24. The Balaban J connectivity index is 2.14. The highest BCUT2D eigenvalue weighted by Gasteiger charge is 2.25. The molecule has 0 radical (unpaired) electrons. The number of benzene rings is 1. The largest absolute Gasteiger partial charge is 0.506 e. The van der Waals surface area contributed by atoms with Gasteiger partial charge in [0.1, 0.15) is 5.75 Å². The number of carbonyl (C=O) groups excluding carboxylic acids is 1. The number of likely N-dealkylation sites (N-methyl/N-ethyl adjacent to an activating group) is 1. The molecule has 0 spiro atoms. The molecule has 1 aliphatic heterocycles. The van der Waals surface area contributed by atoms with Crippen molar-refractivity contribution in [2.24, 2.45) is 0 Å². The van der Waals surface area contributed by atoms with Crippen molar-refractivity contribution < 1.29 is 9.90 Å². The Hall–Kier alpha value is -1.26. The van der Waals surface area contributed by atoms with Crippen LogP contribution in [0.4, 0.5) is 0 Å². The van der Waals surface area contributed by atoms with Gasteiger partial charge in [0.05, 0.1) is 5.02 Å². The number of phenolic OH excluding ortho intramolecular Hbond substituents is 1. The van der Waals surface area contributed by atoms with E-state index >= 15 is 0 Å². The Kier molecular flexibility index (Phi) is 3.78. The molecule has 1 fully saturated rings. The molecule has 1 aromatic rings. The van der Waals surface area contributed by atoms with Crippen molar-refractivity contribution in [1.29, 1.82) is 0 Å². The van der Waals surface area contributed by atoms with Gasteiger partial charge in [-0.1, -0.05) is 11.6 Å². The molecule has 1 saturated heterocycles. The SMILES string of the molecule is CC1CN(C(=O)c2ccc(O)c(Cl)c2)CCN1C. The number of rotatable bonds is 1. The quantitative estimate of drug-likeness (QED) is 0.845. The van der Waals surface area contributed by atoms with Gasteiger partial charge in [-0.25, -0.2) is 0 Å². The van der Waals surface area contributed by atoms with Crippen molar-refractivity contribution in [2.45, 2.75) is 13.0 Å². The summed E-state index contributed by atoms with van der Waals surface area (Å²) in [5.41, 5.74) is 0.523. The predicted molar refractivity (Wildman–Crippen MR) is 71.1 cm³/mol. The number of carbonyl (C=O) groups is 1. The van der Waals surface area contributed by atoms with Gasteiger partial charge in [0, 0.05) is 31.2 Å². The van der Waals surface area contributed by atoms with Crippen molar-refractivity contribution >= 4 is 17.5 Å². The summed E-state index contributed by atoms with van der Waals surface area (Å²) in [5.74, 6) is -0.0307. The van der Waals surface area contributed by atoms with Gasteiger partial charge in [-0.3, -0.25) is 4.79 Å². The van der Waals surface area contributed by atoms with Crippen molar-refractivity contribution in [3.63, 3.8) is 0 Å². The molecular formula is C13H17ClN2O2. The smallest absolute Gasteiger partial charge is 0.254 e. The van der Waals surface area contributed by atoms with E-state index in [-0.39, 0.29) is 16.7 Å². The van der Waals surface area contributed by atoms with E-state index in [0.29, 0.717) is 18.2 Å². The second-order valence-electron chi connectivity index (χ2n) is 4.75. The summed E-state index contributed by atoms with van der Waals surface area (Å²) in [4.78, 5) is 16.3. The Morgan fingerprint density at radius 3 is 2.78 bits per heavy atom. The van der Waals surface area contributed by atoms with Crippen LogP contribution in [0, 0.1) is 0 Å². The Morgan fingerprint density at radius 1 is 1.44 bits per heavy atom. The molecule has 1 unspecified atom stereocenters. The van der Waals surface area contributed by atoms with Crippen LogP contribution in [0.25, 0.3) is 0 Å². The lowest BCUT2D eigenvalue weighted by Crippen LogP contribution is -2.52. The van der Waals surface area contributed by atoms with Gasteiger partial charge in [0.2, 0.25) is 0 Å². The zero-order valence-corrected chi connectivity index (χ0v) is 11.3. The summed E-state index contributed by atoms with van der Waals surface area (Å²) in [5, 5.41) is 9.56. The van der Waals surface area contributed by atoms with Gasteiger partial charge < -0.3 is 14.9 Å². The fourth-order valence-corrected chi connectivity index (χ4v) is 2.24. The van der Waals surface area contributed by atoms with E-state index < -0.39 is 0 Å². The van der Waals surface area contributed by atoms with Crippen LogP contribution in [0.1, 0.15) is 17.3 Å². The lowest BCUT2D eigenvalue weighted by atomic mass is 10.1. The molecule has 1 aliphatic rings. The number of hydrogen-bond donors (Lipinski definition) is 1. The number of aromatic hydroxyl groups is 1. The van der Waals surface area contributed by atoms with E-state index in [0.717, 1.165) is 13.1 Å². The fourth-order valence-electron chi connectivity index (χ4n) is 2.06. The first-order chi connectivity index (χ1) is 8.49. The molecule has 0 saturated carbocycles. The Bertz CT molecular complexity index is 464. The number of halogens is 1. The molecule has 0 bridgehead atoms. The molecule has 18 heavy (non-hydrogen) atoms. The molecule has 2 rings (SSSR count). The minimum absolute atomic E-state index is 0.0000350. The lowest BCUT2D eigenvalue weighted by Gasteiger charge is -2.37. The van der Waals surface area contributed by atoms with Gasteiger partial charge >= 0.3 is 0 Å². The highest BCUT2D eigenvalue weighted by atomic mass is 35.5. The molecule has 1 N–H and O–H groups in total. The third kappa shape index (κ3) is 2.60. The van der Waals surface area contributed by atoms with Crippen molar-refractivity contribution in [1.82, 2.24) is 9.80 Å². The molecule has 1 amide bonds. The van der Waals surface area contributed by atoms with Gasteiger partial charge in [0.25, 0.3) is 5.91 Å². The summed E-state index contributed by atoms with van der Waals surface area (Å²) < 4.78 is 0. The summed E-state index contributed by atoms with van der Waals surface area (Å²) >= 11 is 5.82. The molecule has 0 aliphatic carbocycles. The van der Waals surface area contributed by atoms with E-state index in [4.69, 9.17) is 11.6 Å². The van der Waals surface area contributed by atoms with Crippen LogP contribution in [0.2, 0.25) is 5.02 Å². The first kappa shape index (κ1) is 13.2. The molecule has 1 aromatic carbocycles. The first-order valence-corrected chi connectivity index (χ1v) is 6.35. The van der Waals surface area contributed by atoms with Gasteiger partial charge in [-0.15, -0.1) is 0 Å². The fraction of sp³-hybridized carbons (Fsp3) is 0.462. The zero-order valence-electron chi connectivity index (χ0n) is 10.6. The maximum absolute atomic E-state index is 12.3. The second-order valence-corrected chi connectivity index (χ2v) is 5.15. The van der Waals surface area contributed by atoms with Gasteiger partial charge in [0.15, 0.2) is 0 Å². The van der Waals surface area contributed by atoms with Crippen molar-refractivity contribution in [3.8, 4) is 5.75 Å². The predicted octanol–water partition coefficient (Wildman–Crippen LogP) is 1.82. The molecular weight excluding hydrogens is 252 g/mol. The monoisotopic (exact) mass is 268 g/mol. The summed E-state index contributed by atoms with van der Waals surface area (Å²) in [6, 6.07) is 4.93. The van der Waals surface area contributed by atoms with Crippen LogP contribution >= 0.6 is 11.6 Å². The number of piperazine rings is 1. The minimum Gasteiger partial charge on any atom is -0.506 e. The van der Waals surface area contributed by atoms with Gasteiger partial charge in [-0.05, 0) is 32.2 Å². The topological polar surface area (TPSA) is 43.8 Å². The van der Waals surface area contributed by atoms with E-state index in [1.807, 2.05) is 4.90 Å². The summed E-state index contributed by atoms with van der Waals surface area (Å²) in [7, 11) is 2.06. The summed E-state index contributed by atoms with van der Waals surface area (Å²) in [6.45, 7) is 4.41. The number of nitrogens with zero attached hydrogens (tertiary/aromatic N) is 2. The Morgan fingerprint density at radius 2 is 2.17 bits per heavy atom. The number of phenols is 1. The standard InChI is InChI=1S/C13H17ClN2O2/c1-9-8-16(6-5-15(9)2)13(18)10-3-4-12(17)11(14)7-10/h3-4,7,9,17H,5-6,8H2,1-2H3. The molecule has 98 valence electrons. The van der Waals surface area contributed by atoms with Crippen molar-refractivity contribution in [3.05, 3.63) is 28.8 Å². The lowest BCUT2D eigenvalue weighted by molar-refractivity contribution is 0.0572. The van der Waals surface area contributed by atoms with Crippen molar-refractivity contribution in [2.75, 3.05) is 26.7 Å². The summed E-state index contributed by atoms with van der Waals surface area (Å²) in [6.07, 6.45) is 0. The van der Waals surface area contributed by atoms with E-state index in [1.54, 1.807) is 6.07 Å². The molecule has 4 nitrogen and oxygen atoms in total. The molecule has 0 aromatic heterocycles. The van der Waals surface area contributed by atoms with E-state index in [9.17, 15) is 9.90 Å². The maximum Gasteiger partial charge on any atom is 0.254 e. The van der Waals surface area contributed by atoms with E-state index in [2.05, 4.69) is 18.9 Å². The van der Waals surface area contributed by atoms with Crippen LogP contribution in [-0.2, 0) is 0 Å². The first-order valence-electron chi connectivity index (χ1n) is 5.97. The zero-order chi connectivity index (χ0) is 13.3. The Labute approximate surface area is 112 Å². The van der Waals surface area contributed by atoms with Crippen LogP contribution in [0.5, 0.6) is 5.75 Å². The average Bonchev–Trinajstić information content (AvgIpc) is 2.35. The maximum atomic E-state index is 12.3. The third-order valence-corrected chi connectivity index (χ3v) is 3.74. The molecule has 1 heterocycles. The van der Waals surface area contributed by atoms with Crippen LogP contribution < -0.4 is 0 Å². The number of amides is 1.